The maximum absolute atomic E-state index is 5.27. The van der Waals surface area contributed by atoms with Crippen molar-refractivity contribution in [3.05, 3.63) is 58.3 Å². The Bertz CT molecular complexity index is 560. The molecule has 1 heterocycles. The minimum Gasteiger partial charge on any atom is -0.496 e. The molecule has 112 valence electrons. The van der Waals surface area contributed by atoms with Crippen LogP contribution in [0, 0.1) is 0 Å². The molecule has 1 unspecified atom stereocenters. The lowest BCUT2D eigenvalue weighted by molar-refractivity contribution is 0.411. The maximum atomic E-state index is 5.27. The molecule has 3 nitrogen and oxygen atoms in total. The van der Waals surface area contributed by atoms with E-state index in [1.54, 1.807) is 7.11 Å². The van der Waals surface area contributed by atoms with Gasteiger partial charge in [-0.25, -0.2) is 0 Å². The van der Waals surface area contributed by atoms with E-state index in [4.69, 9.17) is 4.74 Å². The van der Waals surface area contributed by atoms with Crippen LogP contribution < -0.4 is 10.1 Å². The Morgan fingerprint density at radius 2 is 2.14 bits per heavy atom. The minimum atomic E-state index is 0.437. The van der Waals surface area contributed by atoms with Gasteiger partial charge < -0.3 is 10.1 Å². The van der Waals surface area contributed by atoms with Gasteiger partial charge in [0, 0.05) is 17.9 Å². The quantitative estimate of drug-likeness (QED) is 0.829. The number of benzene rings is 1. The van der Waals surface area contributed by atoms with Crippen LogP contribution in [0.1, 0.15) is 17.7 Å². The van der Waals surface area contributed by atoms with Crippen molar-refractivity contribution in [1.82, 2.24) is 10.3 Å². The Morgan fingerprint density at radius 1 is 1.29 bits per heavy atom. The summed E-state index contributed by atoms with van der Waals surface area (Å²) in [5.74, 6) is 0.869. The van der Waals surface area contributed by atoms with Gasteiger partial charge in [-0.15, -0.1) is 0 Å². The number of nitrogens with zero attached hydrogens (tertiary/aromatic N) is 1. The standard InChI is InChI=1S/C17H21BrN2O/c1-19-15(8-7-14-5-3-4-10-20-14)11-13-6-9-17(21-2)16(18)12-13/h3-6,9-10,12,15,19H,7-8,11H2,1-2H3. The Hall–Kier alpha value is -1.39. The summed E-state index contributed by atoms with van der Waals surface area (Å²) in [5, 5.41) is 3.39. The molecular formula is C17H21BrN2O. The van der Waals surface area contributed by atoms with E-state index in [2.05, 4.69) is 44.4 Å². The lowest BCUT2D eigenvalue weighted by atomic mass is 10.0. The summed E-state index contributed by atoms with van der Waals surface area (Å²) in [4.78, 5) is 4.38. The Kier molecular flexibility index (Phi) is 6.21. The summed E-state index contributed by atoms with van der Waals surface area (Å²) in [6, 6.07) is 12.8. The van der Waals surface area contributed by atoms with Crippen molar-refractivity contribution < 1.29 is 4.74 Å². The van der Waals surface area contributed by atoms with E-state index < -0.39 is 0 Å². The Labute approximate surface area is 134 Å². The molecule has 0 spiro atoms. The highest BCUT2D eigenvalue weighted by Gasteiger charge is 2.10. The molecule has 0 radical (unpaired) electrons. The summed E-state index contributed by atoms with van der Waals surface area (Å²) >= 11 is 3.54. The first-order valence-corrected chi connectivity index (χ1v) is 7.92. The predicted molar refractivity (Wildman–Crippen MR) is 89.8 cm³/mol. The van der Waals surface area contributed by atoms with Crippen LogP contribution in [-0.4, -0.2) is 25.2 Å². The van der Waals surface area contributed by atoms with Gasteiger partial charge in [0.2, 0.25) is 0 Å². The molecular weight excluding hydrogens is 328 g/mol. The third-order valence-electron chi connectivity index (χ3n) is 3.58. The molecule has 0 saturated heterocycles. The Balaban J connectivity index is 1.94. The highest BCUT2D eigenvalue weighted by Crippen LogP contribution is 2.26. The molecule has 0 bridgehead atoms. The topological polar surface area (TPSA) is 34.2 Å². The van der Waals surface area contributed by atoms with Gasteiger partial charge in [-0.1, -0.05) is 12.1 Å². The highest BCUT2D eigenvalue weighted by molar-refractivity contribution is 9.10. The van der Waals surface area contributed by atoms with Gasteiger partial charge in [0.05, 0.1) is 11.6 Å². The van der Waals surface area contributed by atoms with E-state index in [0.29, 0.717) is 6.04 Å². The molecule has 0 aliphatic rings. The molecule has 0 amide bonds. The van der Waals surface area contributed by atoms with E-state index in [9.17, 15) is 0 Å². The molecule has 0 aliphatic carbocycles. The van der Waals surface area contributed by atoms with Crippen molar-refractivity contribution in [1.29, 1.82) is 0 Å². The van der Waals surface area contributed by atoms with Crippen molar-refractivity contribution in [3.8, 4) is 5.75 Å². The number of ether oxygens (including phenoxy) is 1. The van der Waals surface area contributed by atoms with E-state index in [1.807, 2.05) is 31.4 Å². The summed E-state index contributed by atoms with van der Waals surface area (Å²) in [5.41, 5.74) is 2.44. The van der Waals surface area contributed by atoms with Crippen LogP contribution in [0.2, 0.25) is 0 Å². The maximum Gasteiger partial charge on any atom is 0.133 e. The fraction of sp³-hybridized carbons (Fsp3) is 0.353. The van der Waals surface area contributed by atoms with Gasteiger partial charge in [-0.2, -0.15) is 0 Å². The summed E-state index contributed by atoms with van der Waals surface area (Å²) in [6.07, 6.45) is 4.90. The van der Waals surface area contributed by atoms with Gasteiger partial charge in [0.1, 0.15) is 5.75 Å². The third-order valence-corrected chi connectivity index (χ3v) is 4.20. The second kappa shape index (κ2) is 8.15. The van der Waals surface area contributed by atoms with Gasteiger partial charge in [0.15, 0.2) is 0 Å². The number of halogens is 1. The van der Waals surface area contributed by atoms with Crippen molar-refractivity contribution in [3.63, 3.8) is 0 Å². The zero-order valence-corrected chi connectivity index (χ0v) is 14.1. The summed E-state index contributed by atoms with van der Waals surface area (Å²) in [7, 11) is 3.70. The number of rotatable bonds is 7. The van der Waals surface area contributed by atoms with Crippen molar-refractivity contribution in [2.75, 3.05) is 14.2 Å². The van der Waals surface area contributed by atoms with Crippen LogP contribution in [0.5, 0.6) is 5.75 Å². The molecule has 0 aliphatic heterocycles. The Morgan fingerprint density at radius 3 is 2.76 bits per heavy atom. The van der Waals surface area contributed by atoms with Crippen molar-refractivity contribution in [2.24, 2.45) is 0 Å². The molecule has 1 aromatic carbocycles. The number of pyridine rings is 1. The van der Waals surface area contributed by atoms with Gasteiger partial charge >= 0.3 is 0 Å². The van der Waals surface area contributed by atoms with Crippen LogP contribution in [0.15, 0.2) is 47.1 Å². The normalized spacial score (nSPS) is 12.1. The van der Waals surface area contributed by atoms with E-state index in [-0.39, 0.29) is 0 Å². The van der Waals surface area contributed by atoms with Gasteiger partial charge in [-0.05, 0) is 72.1 Å². The molecule has 1 aromatic heterocycles. The fourth-order valence-corrected chi connectivity index (χ4v) is 2.93. The number of nitrogens with one attached hydrogen (secondary N) is 1. The van der Waals surface area contributed by atoms with E-state index in [1.165, 1.54) is 5.56 Å². The van der Waals surface area contributed by atoms with Crippen molar-refractivity contribution >= 4 is 15.9 Å². The summed E-state index contributed by atoms with van der Waals surface area (Å²) < 4.78 is 6.27. The first kappa shape index (κ1) is 16.0. The van der Waals surface area contributed by atoms with Crippen LogP contribution in [0.25, 0.3) is 0 Å². The number of hydrogen-bond acceptors (Lipinski definition) is 3. The largest absolute Gasteiger partial charge is 0.496 e. The van der Waals surface area contributed by atoms with E-state index in [0.717, 1.165) is 35.2 Å². The van der Waals surface area contributed by atoms with E-state index >= 15 is 0 Å². The van der Waals surface area contributed by atoms with Crippen molar-refractivity contribution in [2.45, 2.75) is 25.3 Å². The molecule has 2 rings (SSSR count). The average molecular weight is 349 g/mol. The van der Waals surface area contributed by atoms with Crippen LogP contribution >= 0.6 is 15.9 Å². The lowest BCUT2D eigenvalue weighted by Gasteiger charge is -2.16. The zero-order valence-electron chi connectivity index (χ0n) is 12.5. The minimum absolute atomic E-state index is 0.437. The van der Waals surface area contributed by atoms with Crippen LogP contribution in [0.3, 0.4) is 0 Å². The molecule has 2 aromatic rings. The van der Waals surface area contributed by atoms with Crippen LogP contribution in [-0.2, 0) is 12.8 Å². The monoisotopic (exact) mass is 348 g/mol. The molecule has 1 atom stereocenters. The summed E-state index contributed by atoms with van der Waals surface area (Å²) in [6.45, 7) is 0. The fourth-order valence-electron chi connectivity index (χ4n) is 2.34. The smallest absolute Gasteiger partial charge is 0.133 e. The molecule has 4 heteroatoms. The second-order valence-electron chi connectivity index (χ2n) is 5.02. The second-order valence-corrected chi connectivity index (χ2v) is 5.87. The predicted octanol–water partition coefficient (Wildman–Crippen LogP) is 3.62. The number of likely N-dealkylation sites (N-methyl/N-ethyl adjacent to an activating group) is 1. The first-order valence-electron chi connectivity index (χ1n) is 7.12. The van der Waals surface area contributed by atoms with Crippen LogP contribution in [0.4, 0.5) is 0 Å². The number of aryl methyl sites for hydroxylation is 1. The number of aromatic nitrogens is 1. The average Bonchev–Trinajstić information content (AvgIpc) is 2.52. The molecule has 0 fully saturated rings. The number of hydrogen-bond donors (Lipinski definition) is 1. The van der Waals surface area contributed by atoms with Gasteiger partial charge in [0.25, 0.3) is 0 Å². The lowest BCUT2D eigenvalue weighted by Crippen LogP contribution is -2.28. The molecule has 0 saturated carbocycles. The number of methoxy groups -OCH3 is 1. The van der Waals surface area contributed by atoms with Gasteiger partial charge in [-0.3, -0.25) is 4.98 Å². The molecule has 21 heavy (non-hydrogen) atoms. The molecule has 1 N–H and O–H groups in total. The first-order chi connectivity index (χ1) is 10.2. The third kappa shape index (κ3) is 4.83. The zero-order chi connectivity index (χ0) is 15.1. The SMILES string of the molecule is CNC(CCc1ccccn1)Cc1ccc(OC)c(Br)c1. The highest BCUT2D eigenvalue weighted by atomic mass is 79.9.